The van der Waals surface area contributed by atoms with E-state index in [0.717, 1.165) is 12.3 Å². The van der Waals surface area contributed by atoms with Crippen LogP contribution in [-0.4, -0.2) is 40.6 Å². The summed E-state index contributed by atoms with van der Waals surface area (Å²) in [5.74, 6) is 0.327. The van der Waals surface area contributed by atoms with Gasteiger partial charge in [0.2, 0.25) is 0 Å². The van der Waals surface area contributed by atoms with E-state index in [0.29, 0.717) is 25.4 Å². The van der Waals surface area contributed by atoms with E-state index < -0.39 is 11.5 Å². The molecule has 0 bridgehead atoms. The first-order valence-corrected chi connectivity index (χ1v) is 6.74. The van der Waals surface area contributed by atoms with Gasteiger partial charge in [0.25, 0.3) is 0 Å². The highest BCUT2D eigenvalue weighted by molar-refractivity contribution is 5.86. The third-order valence-corrected chi connectivity index (χ3v) is 4.35. The molecule has 2 atom stereocenters. The number of carboxylic acids is 1. The lowest BCUT2D eigenvalue weighted by molar-refractivity contribution is -0.147. The summed E-state index contributed by atoms with van der Waals surface area (Å²) in [5, 5.41) is 12.1. The predicted molar refractivity (Wildman–Crippen MR) is 67.3 cm³/mol. The number of aliphatic carboxylic acids is 1. The van der Waals surface area contributed by atoms with Crippen molar-refractivity contribution >= 4 is 12.0 Å². The van der Waals surface area contributed by atoms with Gasteiger partial charge >= 0.3 is 12.0 Å². The monoisotopic (exact) mass is 254 g/mol. The number of carbonyl (C=O) groups excluding carboxylic acids is 1. The van der Waals surface area contributed by atoms with E-state index in [1.807, 2.05) is 0 Å². The first-order valence-electron chi connectivity index (χ1n) is 6.74. The molecule has 0 aromatic carbocycles. The molecule has 0 spiro atoms. The van der Waals surface area contributed by atoms with Gasteiger partial charge in [-0.25, -0.2) is 9.59 Å². The zero-order valence-corrected chi connectivity index (χ0v) is 11.1. The summed E-state index contributed by atoms with van der Waals surface area (Å²) >= 11 is 0. The van der Waals surface area contributed by atoms with Crippen LogP contribution in [0.3, 0.4) is 0 Å². The van der Waals surface area contributed by atoms with Crippen molar-refractivity contribution in [3.63, 3.8) is 0 Å². The molecule has 2 N–H and O–H groups in total. The summed E-state index contributed by atoms with van der Waals surface area (Å²) in [6, 6.07) is -0.232. The number of rotatable bonds is 4. The molecule has 2 rings (SSSR count). The third kappa shape index (κ3) is 2.44. The number of likely N-dealkylation sites (tertiary alicyclic amines) is 1. The van der Waals surface area contributed by atoms with E-state index in [1.54, 1.807) is 6.92 Å². The fraction of sp³-hybridized carbons (Fsp3) is 0.846. The molecule has 2 amide bonds. The molecule has 1 aliphatic heterocycles. The van der Waals surface area contributed by atoms with Gasteiger partial charge in [0.15, 0.2) is 0 Å². The van der Waals surface area contributed by atoms with Crippen LogP contribution in [0.15, 0.2) is 0 Å². The minimum Gasteiger partial charge on any atom is -0.480 e. The van der Waals surface area contributed by atoms with Crippen molar-refractivity contribution in [1.29, 1.82) is 0 Å². The second-order valence-electron chi connectivity index (χ2n) is 5.83. The predicted octanol–water partition coefficient (Wildman–Crippen LogP) is 1.68. The van der Waals surface area contributed by atoms with Crippen LogP contribution in [0.4, 0.5) is 4.79 Å². The van der Waals surface area contributed by atoms with Crippen LogP contribution in [0.25, 0.3) is 0 Å². The number of hydrogen-bond acceptors (Lipinski definition) is 2. The molecule has 1 saturated carbocycles. The Labute approximate surface area is 108 Å². The average Bonchev–Trinajstić information content (AvgIpc) is 3.09. The maximum Gasteiger partial charge on any atom is 0.329 e. The van der Waals surface area contributed by atoms with Gasteiger partial charge in [-0.15, -0.1) is 0 Å². The average molecular weight is 254 g/mol. The minimum absolute atomic E-state index is 0.232. The van der Waals surface area contributed by atoms with Crippen molar-refractivity contribution in [1.82, 2.24) is 10.2 Å². The van der Waals surface area contributed by atoms with Crippen LogP contribution in [0.2, 0.25) is 0 Å². The van der Waals surface area contributed by atoms with Gasteiger partial charge in [-0.2, -0.15) is 0 Å². The molecule has 2 aliphatic rings. The maximum absolute atomic E-state index is 12.1. The van der Waals surface area contributed by atoms with E-state index in [2.05, 4.69) is 12.2 Å². The second-order valence-corrected chi connectivity index (χ2v) is 5.83. The van der Waals surface area contributed by atoms with Crippen LogP contribution < -0.4 is 5.32 Å². The van der Waals surface area contributed by atoms with Crippen LogP contribution >= 0.6 is 0 Å². The maximum atomic E-state index is 12.1. The zero-order valence-electron chi connectivity index (χ0n) is 11.1. The number of urea groups is 1. The topological polar surface area (TPSA) is 69.6 Å². The van der Waals surface area contributed by atoms with Gasteiger partial charge in [0.1, 0.15) is 5.54 Å². The molecular weight excluding hydrogens is 232 g/mol. The normalized spacial score (nSPS) is 29.1. The van der Waals surface area contributed by atoms with Gasteiger partial charge in [0, 0.05) is 13.1 Å². The van der Waals surface area contributed by atoms with Gasteiger partial charge in [-0.05, 0) is 44.4 Å². The van der Waals surface area contributed by atoms with Gasteiger partial charge in [-0.3, -0.25) is 0 Å². The lowest BCUT2D eigenvalue weighted by atomic mass is 10.00. The number of carboxylic acid groups (broad SMARTS) is 1. The quantitative estimate of drug-likeness (QED) is 0.802. The Hall–Kier alpha value is -1.26. The van der Waals surface area contributed by atoms with Crippen LogP contribution in [-0.2, 0) is 4.79 Å². The molecular formula is C13H22N2O3. The van der Waals surface area contributed by atoms with Crippen molar-refractivity contribution in [3.05, 3.63) is 0 Å². The van der Waals surface area contributed by atoms with E-state index in [1.165, 1.54) is 17.7 Å². The van der Waals surface area contributed by atoms with Crippen LogP contribution in [0.1, 0.15) is 39.5 Å². The Balaban J connectivity index is 1.89. The highest BCUT2D eigenvalue weighted by Gasteiger charge is 2.46. The van der Waals surface area contributed by atoms with Gasteiger partial charge < -0.3 is 15.3 Å². The first kappa shape index (κ1) is 13.2. The number of carbonyl (C=O) groups is 2. The van der Waals surface area contributed by atoms with Crippen molar-refractivity contribution in [2.24, 2.45) is 11.8 Å². The highest BCUT2D eigenvalue weighted by Crippen LogP contribution is 2.36. The number of nitrogens with one attached hydrogen (secondary N) is 1. The summed E-state index contributed by atoms with van der Waals surface area (Å²) in [5.41, 5.74) is -1.03. The van der Waals surface area contributed by atoms with E-state index in [-0.39, 0.29) is 6.03 Å². The van der Waals surface area contributed by atoms with Crippen molar-refractivity contribution < 1.29 is 14.7 Å². The smallest absolute Gasteiger partial charge is 0.329 e. The van der Waals surface area contributed by atoms with Crippen LogP contribution in [0.5, 0.6) is 0 Å². The lowest BCUT2D eigenvalue weighted by Crippen LogP contribution is -2.54. The molecule has 0 aromatic rings. The largest absolute Gasteiger partial charge is 0.480 e. The Morgan fingerprint density at radius 3 is 2.72 bits per heavy atom. The SMILES string of the molecule is CC(CNC(=O)N1CCCC1(C)C(=O)O)C1CC1. The molecule has 5 heteroatoms. The minimum atomic E-state index is -1.03. The van der Waals surface area contributed by atoms with Gasteiger partial charge in [0.05, 0.1) is 0 Å². The molecule has 0 radical (unpaired) electrons. The summed E-state index contributed by atoms with van der Waals surface area (Å²) < 4.78 is 0. The first-order chi connectivity index (χ1) is 8.45. The summed E-state index contributed by atoms with van der Waals surface area (Å²) in [7, 11) is 0. The van der Waals surface area contributed by atoms with E-state index in [4.69, 9.17) is 0 Å². The Morgan fingerprint density at radius 1 is 1.50 bits per heavy atom. The number of hydrogen-bond donors (Lipinski definition) is 2. The fourth-order valence-electron chi connectivity index (χ4n) is 2.69. The molecule has 5 nitrogen and oxygen atoms in total. The molecule has 102 valence electrons. The summed E-state index contributed by atoms with van der Waals surface area (Å²) in [4.78, 5) is 24.8. The standard InChI is InChI=1S/C13H22N2O3/c1-9(10-4-5-10)8-14-12(18)15-7-3-6-13(15,2)11(16)17/h9-10H,3-8H2,1-2H3,(H,14,18)(H,16,17). The van der Waals surface area contributed by atoms with Crippen molar-refractivity contribution in [2.45, 2.75) is 45.1 Å². The number of nitrogens with zero attached hydrogens (tertiary/aromatic N) is 1. The van der Waals surface area contributed by atoms with E-state index in [9.17, 15) is 14.7 Å². The Bertz CT molecular complexity index is 354. The van der Waals surface area contributed by atoms with Crippen molar-refractivity contribution in [3.8, 4) is 0 Å². The van der Waals surface area contributed by atoms with E-state index >= 15 is 0 Å². The van der Waals surface area contributed by atoms with Crippen LogP contribution in [0, 0.1) is 11.8 Å². The van der Waals surface area contributed by atoms with Gasteiger partial charge in [-0.1, -0.05) is 6.92 Å². The summed E-state index contributed by atoms with van der Waals surface area (Å²) in [6.45, 7) is 4.95. The summed E-state index contributed by atoms with van der Waals surface area (Å²) in [6.07, 6.45) is 3.81. The molecule has 2 fully saturated rings. The zero-order chi connectivity index (χ0) is 13.3. The number of amides is 2. The molecule has 1 aliphatic carbocycles. The Morgan fingerprint density at radius 2 is 2.17 bits per heavy atom. The fourth-order valence-corrected chi connectivity index (χ4v) is 2.69. The third-order valence-electron chi connectivity index (χ3n) is 4.35. The molecule has 0 aromatic heterocycles. The highest BCUT2D eigenvalue weighted by atomic mass is 16.4. The molecule has 2 unspecified atom stereocenters. The van der Waals surface area contributed by atoms with Crippen molar-refractivity contribution in [2.75, 3.05) is 13.1 Å². The second kappa shape index (κ2) is 4.78. The molecule has 1 saturated heterocycles. The lowest BCUT2D eigenvalue weighted by Gasteiger charge is -2.31. The molecule has 1 heterocycles. The molecule has 18 heavy (non-hydrogen) atoms. The Kier molecular flexibility index (Phi) is 3.50.